The van der Waals surface area contributed by atoms with Gasteiger partial charge in [-0.05, 0) is 66.6 Å². The molecule has 35 heavy (non-hydrogen) atoms. The standard InChI is InChI=1S/C31H30O4/c1-21-5-7-22(8-6-21)30(33)23-9-14-27(15-10-23)35-28-16-11-25(12-17-28)31(2,3)26-13-18-29(34-4)24(19-26)20-32/h5-19,32H,20H2,1-4H3. The van der Waals surface area contributed by atoms with Crippen molar-refractivity contribution in [1.82, 2.24) is 0 Å². The molecule has 0 heterocycles. The summed E-state index contributed by atoms with van der Waals surface area (Å²) in [5, 5.41) is 9.69. The lowest BCUT2D eigenvalue weighted by molar-refractivity contribution is 0.103. The minimum absolute atomic E-state index is 0.00831. The predicted molar refractivity (Wildman–Crippen MR) is 139 cm³/mol. The molecule has 0 saturated carbocycles. The first kappa shape index (κ1) is 24.2. The zero-order valence-electron chi connectivity index (χ0n) is 20.5. The van der Waals surface area contributed by atoms with E-state index in [2.05, 4.69) is 13.8 Å². The highest BCUT2D eigenvalue weighted by molar-refractivity contribution is 6.09. The summed E-state index contributed by atoms with van der Waals surface area (Å²) in [6.45, 7) is 6.22. The largest absolute Gasteiger partial charge is 0.496 e. The zero-order valence-corrected chi connectivity index (χ0v) is 20.5. The average molecular weight is 467 g/mol. The van der Waals surface area contributed by atoms with Crippen LogP contribution in [-0.4, -0.2) is 18.0 Å². The molecule has 4 heteroatoms. The van der Waals surface area contributed by atoms with E-state index in [1.54, 1.807) is 19.2 Å². The Morgan fingerprint density at radius 1 is 0.771 bits per heavy atom. The molecule has 4 aromatic rings. The van der Waals surface area contributed by atoms with Crippen molar-refractivity contribution in [3.8, 4) is 17.2 Å². The molecule has 0 amide bonds. The highest BCUT2D eigenvalue weighted by atomic mass is 16.5. The molecule has 178 valence electrons. The molecule has 4 nitrogen and oxygen atoms in total. The summed E-state index contributed by atoms with van der Waals surface area (Å²) in [5.74, 6) is 2.06. The van der Waals surface area contributed by atoms with Gasteiger partial charge in [-0.2, -0.15) is 0 Å². The summed E-state index contributed by atoms with van der Waals surface area (Å²) in [6.07, 6.45) is 0. The normalized spacial score (nSPS) is 11.2. The van der Waals surface area contributed by atoms with Crippen LogP contribution in [0.5, 0.6) is 17.2 Å². The Bertz CT molecular complexity index is 1300. The summed E-state index contributed by atoms with van der Waals surface area (Å²) in [6, 6.07) is 28.7. The van der Waals surface area contributed by atoms with E-state index in [-0.39, 0.29) is 17.8 Å². The molecule has 0 fully saturated rings. The third-order valence-corrected chi connectivity index (χ3v) is 6.41. The Morgan fingerprint density at radius 2 is 1.29 bits per heavy atom. The summed E-state index contributed by atoms with van der Waals surface area (Å²) in [4.78, 5) is 12.7. The number of rotatable bonds is 8. The molecule has 0 radical (unpaired) electrons. The summed E-state index contributed by atoms with van der Waals surface area (Å²) in [7, 11) is 1.60. The monoisotopic (exact) mass is 466 g/mol. The maximum atomic E-state index is 12.7. The molecule has 0 saturated heterocycles. The van der Waals surface area contributed by atoms with Crippen molar-refractivity contribution in [2.45, 2.75) is 32.8 Å². The van der Waals surface area contributed by atoms with Gasteiger partial charge in [0.15, 0.2) is 5.78 Å². The molecule has 0 atom stereocenters. The molecule has 1 N–H and O–H groups in total. The van der Waals surface area contributed by atoms with Crippen LogP contribution in [-0.2, 0) is 12.0 Å². The Hall–Kier alpha value is -3.89. The van der Waals surface area contributed by atoms with Crippen LogP contribution < -0.4 is 9.47 Å². The van der Waals surface area contributed by atoms with E-state index >= 15 is 0 Å². The van der Waals surface area contributed by atoms with Gasteiger partial charge in [-0.15, -0.1) is 0 Å². The van der Waals surface area contributed by atoms with Crippen LogP contribution in [0.15, 0.2) is 91.0 Å². The number of aryl methyl sites for hydroxylation is 1. The number of carbonyl (C=O) groups is 1. The highest BCUT2D eigenvalue weighted by Gasteiger charge is 2.24. The van der Waals surface area contributed by atoms with Gasteiger partial charge in [0, 0.05) is 22.1 Å². The van der Waals surface area contributed by atoms with Crippen LogP contribution in [0.4, 0.5) is 0 Å². The number of ketones is 1. The topological polar surface area (TPSA) is 55.8 Å². The number of carbonyl (C=O) groups excluding carboxylic acids is 1. The first-order chi connectivity index (χ1) is 16.8. The molecule has 0 aliphatic carbocycles. The number of benzene rings is 4. The third-order valence-electron chi connectivity index (χ3n) is 6.41. The Kier molecular flexibility index (Phi) is 7.04. The molecule has 0 bridgehead atoms. The van der Waals surface area contributed by atoms with E-state index in [9.17, 15) is 9.90 Å². The lowest BCUT2D eigenvalue weighted by atomic mass is 9.77. The Balaban J connectivity index is 1.47. The van der Waals surface area contributed by atoms with Gasteiger partial charge in [0.25, 0.3) is 0 Å². The van der Waals surface area contributed by atoms with Crippen LogP contribution in [0, 0.1) is 6.92 Å². The number of hydrogen-bond acceptors (Lipinski definition) is 4. The first-order valence-corrected chi connectivity index (χ1v) is 11.6. The molecule has 4 aromatic carbocycles. The summed E-state index contributed by atoms with van der Waals surface area (Å²) in [5.41, 5.74) is 5.13. The van der Waals surface area contributed by atoms with Crippen LogP contribution in [0.1, 0.15) is 52.0 Å². The van der Waals surface area contributed by atoms with E-state index in [1.165, 1.54) is 0 Å². The fourth-order valence-electron chi connectivity index (χ4n) is 4.08. The number of aliphatic hydroxyl groups is 1. The molecule has 0 aromatic heterocycles. The fraction of sp³-hybridized carbons (Fsp3) is 0.194. The zero-order chi connectivity index (χ0) is 25.0. The van der Waals surface area contributed by atoms with E-state index in [0.717, 1.165) is 22.3 Å². The minimum atomic E-state index is -0.271. The SMILES string of the molecule is COc1ccc(C(C)(C)c2ccc(Oc3ccc(C(=O)c4ccc(C)cc4)cc3)cc2)cc1CO. The predicted octanol–water partition coefficient (Wildman–Crippen LogP) is 6.85. The molecule has 0 aliphatic heterocycles. The van der Waals surface area contributed by atoms with Gasteiger partial charge in [-0.3, -0.25) is 4.79 Å². The van der Waals surface area contributed by atoms with Gasteiger partial charge in [-0.25, -0.2) is 0 Å². The van der Waals surface area contributed by atoms with Crippen LogP contribution in [0.2, 0.25) is 0 Å². The lowest BCUT2D eigenvalue weighted by Crippen LogP contribution is -2.19. The van der Waals surface area contributed by atoms with Crippen molar-refractivity contribution < 1.29 is 19.4 Å². The highest BCUT2D eigenvalue weighted by Crippen LogP contribution is 2.35. The molecule has 0 unspecified atom stereocenters. The van der Waals surface area contributed by atoms with Crippen molar-refractivity contribution in [3.05, 3.63) is 124 Å². The fourth-order valence-corrected chi connectivity index (χ4v) is 4.08. The molecular formula is C31H30O4. The second kappa shape index (κ2) is 10.2. The van der Waals surface area contributed by atoms with E-state index in [4.69, 9.17) is 9.47 Å². The summed E-state index contributed by atoms with van der Waals surface area (Å²) < 4.78 is 11.3. The molecular weight excluding hydrogens is 436 g/mol. The van der Waals surface area contributed by atoms with Gasteiger partial charge >= 0.3 is 0 Å². The molecule has 4 rings (SSSR count). The Morgan fingerprint density at radius 3 is 1.83 bits per heavy atom. The second-order valence-corrected chi connectivity index (χ2v) is 9.16. The van der Waals surface area contributed by atoms with Gasteiger partial charge in [0.05, 0.1) is 13.7 Å². The second-order valence-electron chi connectivity index (χ2n) is 9.16. The van der Waals surface area contributed by atoms with Gasteiger partial charge < -0.3 is 14.6 Å². The van der Waals surface area contributed by atoms with Crippen molar-refractivity contribution >= 4 is 5.78 Å². The maximum absolute atomic E-state index is 12.7. The van der Waals surface area contributed by atoms with Gasteiger partial charge in [0.2, 0.25) is 0 Å². The van der Waals surface area contributed by atoms with E-state index < -0.39 is 0 Å². The van der Waals surface area contributed by atoms with Gasteiger partial charge in [0.1, 0.15) is 17.2 Å². The number of aliphatic hydroxyl groups excluding tert-OH is 1. The van der Waals surface area contributed by atoms with Crippen LogP contribution >= 0.6 is 0 Å². The average Bonchev–Trinajstić information content (AvgIpc) is 2.89. The summed E-state index contributed by atoms with van der Waals surface area (Å²) >= 11 is 0. The molecule has 0 spiro atoms. The van der Waals surface area contributed by atoms with Crippen molar-refractivity contribution in [1.29, 1.82) is 0 Å². The first-order valence-electron chi connectivity index (χ1n) is 11.6. The smallest absolute Gasteiger partial charge is 0.193 e. The van der Waals surface area contributed by atoms with Crippen molar-refractivity contribution in [3.63, 3.8) is 0 Å². The van der Waals surface area contributed by atoms with E-state index in [0.29, 0.717) is 28.4 Å². The van der Waals surface area contributed by atoms with Crippen LogP contribution in [0.25, 0.3) is 0 Å². The third kappa shape index (κ3) is 5.28. The van der Waals surface area contributed by atoms with Gasteiger partial charge in [-0.1, -0.05) is 61.9 Å². The quantitative estimate of drug-likeness (QED) is 0.289. The number of ether oxygens (including phenoxy) is 2. The number of methoxy groups -OCH3 is 1. The minimum Gasteiger partial charge on any atom is -0.496 e. The van der Waals surface area contributed by atoms with Crippen molar-refractivity contribution in [2.24, 2.45) is 0 Å². The lowest BCUT2D eigenvalue weighted by Gasteiger charge is -2.27. The maximum Gasteiger partial charge on any atom is 0.193 e. The van der Waals surface area contributed by atoms with E-state index in [1.807, 2.05) is 85.8 Å². The molecule has 0 aliphatic rings. The van der Waals surface area contributed by atoms with Crippen LogP contribution in [0.3, 0.4) is 0 Å². The van der Waals surface area contributed by atoms with Crippen molar-refractivity contribution in [2.75, 3.05) is 7.11 Å². The number of hydrogen-bond donors (Lipinski definition) is 1. The Labute approximate surface area is 206 Å².